The van der Waals surface area contributed by atoms with Gasteiger partial charge in [0.2, 0.25) is 0 Å². The van der Waals surface area contributed by atoms with E-state index in [9.17, 15) is 4.79 Å². The van der Waals surface area contributed by atoms with E-state index in [4.69, 9.17) is 5.11 Å². The fourth-order valence-corrected chi connectivity index (χ4v) is 0.677. The summed E-state index contributed by atoms with van der Waals surface area (Å²) < 4.78 is 0. The van der Waals surface area contributed by atoms with Gasteiger partial charge in [-0.2, -0.15) is 0 Å². The molecular weight excluding hydrogens is 130 g/mol. The highest BCUT2D eigenvalue weighted by Gasteiger charge is 1.96. The first kappa shape index (κ1) is 6.74. The molecule has 3 nitrogen and oxygen atoms in total. The van der Waals surface area contributed by atoms with Crippen molar-refractivity contribution >= 4 is 6.29 Å². The number of aldehydes is 1. The van der Waals surface area contributed by atoms with E-state index in [0.29, 0.717) is 5.56 Å². The van der Waals surface area contributed by atoms with Crippen LogP contribution in [0.3, 0.4) is 0 Å². The third-order valence-corrected chi connectivity index (χ3v) is 1.19. The van der Waals surface area contributed by atoms with Crippen LogP contribution in [0.2, 0.25) is 0 Å². The summed E-state index contributed by atoms with van der Waals surface area (Å²) in [6.07, 6.45) is 3.85. The minimum atomic E-state index is 0.0783. The molecule has 10 heavy (non-hydrogen) atoms. The largest absolute Gasteiger partial charge is 0.506 e. The number of carbonyl (C=O) groups is 1. The molecule has 0 unspecified atom stereocenters. The summed E-state index contributed by atoms with van der Waals surface area (Å²) in [6.45, 7) is 0. The van der Waals surface area contributed by atoms with Crippen molar-refractivity contribution in [2.24, 2.45) is 0 Å². The minimum absolute atomic E-state index is 0.0783. The number of carbonyl (C=O) groups excluding carboxylic acids is 1. The van der Waals surface area contributed by atoms with Gasteiger partial charge in [0.05, 0.1) is 6.20 Å². The molecule has 0 bridgehead atoms. The van der Waals surface area contributed by atoms with Crippen LogP contribution in [0, 0.1) is 0 Å². The molecule has 0 saturated carbocycles. The van der Waals surface area contributed by atoms with Gasteiger partial charge in [-0.3, -0.25) is 4.98 Å². The lowest BCUT2D eigenvalue weighted by Crippen LogP contribution is -1.86. The molecule has 0 amide bonds. The van der Waals surface area contributed by atoms with E-state index in [0.717, 1.165) is 6.29 Å². The highest BCUT2D eigenvalue weighted by atomic mass is 16.3. The van der Waals surface area contributed by atoms with Crippen molar-refractivity contribution in [2.75, 3.05) is 0 Å². The highest BCUT2D eigenvalue weighted by molar-refractivity contribution is 5.56. The van der Waals surface area contributed by atoms with Crippen LogP contribution >= 0.6 is 0 Å². The van der Waals surface area contributed by atoms with Crippen molar-refractivity contribution < 1.29 is 9.90 Å². The van der Waals surface area contributed by atoms with E-state index in [1.54, 1.807) is 12.3 Å². The molecule has 0 aliphatic heterocycles. The lowest BCUT2D eigenvalue weighted by Gasteiger charge is -1.95. The second-order valence-electron chi connectivity index (χ2n) is 1.88. The van der Waals surface area contributed by atoms with Crippen LogP contribution in [0.5, 0.6) is 5.75 Å². The molecular formula is C7H7NO2. The number of nitrogens with zero attached hydrogens (tertiary/aromatic N) is 1. The summed E-state index contributed by atoms with van der Waals surface area (Å²) in [5.41, 5.74) is 0.616. The average molecular weight is 137 g/mol. The monoisotopic (exact) mass is 137 g/mol. The summed E-state index contributed by atoms with van der Waals surface area (Å²) in [5, 5.41) is 9.02. The maximum atomic E-state index is 9.99. The zero-order chi connectivity index (χ0) is 7.40. The number of aromatic nitrogens is 1. The van der Waals surface area contributed by atoms with Crippen molar-refractivity contribution in [3.05, 3.63) is 24.0 Å². The predicted molar refractivity (Wildman–Crippen MR) is 35.7 cm³/mol. The van der Waals surface area contributed by atoms with Crippen LogP contribution in [-0.4, -0.2) is 16.4 Å². The molecule has 1 rings (SSSR count). The van der Waals surface area contributed by atoms with Gasteiger partial charge in [-0.1, -0.05) is 0 Å². The molecule has 1 aromatic rings. The van der Waals surface area contributed by atoms with E-state index in [2.05, 4.69) is 4.98 Å². The maximum Gasteiger partial charge on any atom is 0.137 e. The average Bonchev–Trinajstić information content (AvgIpc) is 1.94. The molecule has 0 aromatic carbocycles. The zero-order valence-electron chi connectivity index (χ0n) is 5.32. The van der Waals surface area contributed by atoms with Crippen LogP contribution in [-0.2, 0) is 11.2 Å². The fourth-order valence-electron chi connectivity index (χ4n) is 0.677. The molecule has 0 spiro atoms. The van der Waals surface area contributed by atoms with E-state index in [1.807, 2.05) is 0 Å². The van der Waals surface area contributed by atoms with Crippen molar-refractivity contribution in [2.45, 2.75) is 6.42 Å². The Labute approximate surface area is 58.3 Å². The van der Waals surface area contributed by atoms with Crippen LogP contribution in [0.1, 0.15) is 5.56 Å². The fraction of sp³-hybridized carbons (Fsp3) is 0.143. The number of hydrogen-bond acceptors (Lipinski definition) is 3. The Hall–Kier alpha value is -1.38. The van der Waals surface area contributed by atoms with Gasteiger partial charge in [-0.05, 0) is 6.07 Å². The van der Waals surface area contributed by atoms with Crippen molar-refractivity contribution in [1.29, 1.82) is 0 Å². The SMILES string of the molecule is O=CCc1ccncc1O. The summed E-state index contributed by atoms with van der Waals surface area (Å²) in [5.74, 6) is 0.0783. The Morgan fingerprint density at radius 2 is 2.50 bits per heavy atom. The molecule has 0 aliphatic carbocycles. The third-order valence-electron chi connectivity index (χ3n) is 1.19. The number of hydrogen-bond donors (Lipinski definition) is 1. The molecule has 0 aliphatic rings. The smallest absolute Gasteiger partial charge is 0.137 e. The summed E-state index contributed by atoms with van der Waals surface area (Å²) in [7, 11) is 0. The predicted octanol–water partition coefficient (Wildman–Crippen LogP) is 0.529. The highest BCUT2D eigenvalue weighted by Crippen LogP contribution is 2.12. The summed E-state index contributed by atoms with van der Waals surface area (Å²) in [4.78, 5) is 13.7. The Bertz CT molecular complexity index is 235. The van der Waals surface area contributed by atoms with Crippen LogP contribution in [0.4, 0.5) is 0 Å². The molecule has 0 saturated heterocycles. The lowest BCUT2D eigenvalue weighted by atomic mass is 10.2. The normalized spacial score (nSPS) is 9.20. The molecule has 52 valence electrons. The van der Waals surface area contributed by atoms with Crippen LogP contribution < -0.4 is 0 Å². The first-order chi connectivity index (χ1) is 4.84. The number of aromatic hydroxyl groups is 1. The third kappa shape index (κ3) is 1.31. The van der Waals surface area contributed by atoms with Gasteiger partial charge in [0.1, 0.15) is 12.0 Å². The number of rotatable bonds is 2. The van der Waals surface area contributed by atoms with Gasteiger partial charge in [0, 0.05) is 18.2 Å². The molecule has 0 fully saturated rings. The molecule has 0 atom stereocenters. The van der Waals surface area contributed by atoms with Gasteiger partial charge in [-0.15, -0.1) is 0 Å². The quantitative estimate of drug-likeness (QED) is 0.605. The van der Waals surface area contributed by atoms with E-state index >= 15 is 0 Å². The second-order valence-corrected chi connectivity index (χ2v) is 1.88. The topological polar surface area (TPSA) is 50.2 Å². The Morgan fingerprint density at radius 1 is 1.70 bits per heavy atom. The van der Waals surface area contributed by atoms with Gasteiger partial charge in [-0.25, -0.2) is 0 Å². The zero-order valence-corrected chi connectivity index (χ0v) is 5.32. The second kappa shape index (κ2) is 2.96. The van der Waals surface area contributed by atoms with Gasteiger partial charge >= 0.3 is 0 Å². The standard InChI is InChI=1S/C7H7NO2/c9-4-2-6-1-3-8-5-7(6)10/h1,3-5,10H,2H2. The molecule has 1 aromatic heterocycles. The molecule has 3 heteroatoms. The van der Waals surface area contributed by atoms with Crippen LogP contribution in [0.25, 0.3) is 0 Å². The number of pyridine rings is 1. The Kier molecular flexibility index (Phi) is 1.99. The summed E-state index contributed by atoms with van der Waals surface area (Å²) >= 11 is 0. The minimum Gasteiger partial charge on any atom is -0.506 e. The van der Waals surface area contributed by atoms with E-state index in [-0.39, 0.29) is 12.2 Å². The Balaban J connectivity index is 2.91. The van der Waals surface area contributed by atoms with Crippen molar-refractivity contribution in [3.63, 3.8) is 0 Å². The van der Waals surface area contributed by atoms with Gasteiger partial charge in [0.15, 0.2) is 0 Å². The van der Waals surface area contributed by atoms with Crippen molar-refractivity contribution in [1.82, 2.24) is 4.98 Å². The first-order valence-corrected chi connectivity index (χ1v) is 2.90. The lowest BCUT2D eigenvalue weighted by molar-refractivity contribution is -0.107. The summed E-state index contributed by atoms with van der Waals surface area (Å²) in [6, 6.07) is 1.61. The van der Waals surface area contributed by atoms with Gasteiger partial charge < -0.3 is 9.90 Å². The first-order valence-electron chi connectivity index (χ1n) is 2.90. The van der Waals surface area contributed by atoms with Crippen molar-refractivity contribution in [3.8, 4) is 5.75 Å². The maximum absolute atomic E-state index is 9.99. The van der Waals surface area contributed by atoms with Crippen LogP contribution in [0.15, 0.2) is 18.5 Å². The molecule has 0 radical (unpaired) electrons. The van der Waals surface area contributed by atoms with Gasteiger partial charge in [0.25, 0.3) is 0 Å². The molecule has 1 heterocycles. The Morgan fingerprint density at radius 3 is 3.10 bits per heavy atom. The van der Waals surface area contributed by atoms with E-state index < -0.39 is 0 Å². The molecule has 1 N–H and O–H groups in total. The van der Waals surface area contributed by atoms with E-state index in [1.165, 1.54) is 6.20 Å².